The number of Topliss-reactive ketones (excluding diaryl/α,β-unsaturated/α-hetero) is 1. The second-order valence-electron chi connectivity index (χ2n) is 3.30. The second kappa shape index (κ2) is 5.30. The van der Waals surface area contributed by atoms with Crippen LogP contribution in [-0.4, -0.2) is 17.0 Å². The molecule has 0 bridgehead atoms. The summed E-state index contributed by atoms with van der Waals surface area (Å²) in [5.41, 5.74) is 0. The Morgan fingerprint density at radius 3 is 2.36 bits per heavy atom. The lowest BCUT2D eigenvalue weighted by atomic mass is 10.0. The lowest BCUT2D eigenvalue weighted by Crippen LogP contribution is -2.18. The zero-order valence-electron chi connectivity index (χ0n) is 7.63. The fourth-order valence-corrected chi connectivity index (χ4v) is 0.850. The van der Waals surface area contributed by atoms with Crippen LogP contribution in [0.5, 0.6) is 0 Å². The summed E-state index contributed by atoms with van der Waals surface area (Å²) in [5.74, 6) is 0.365. The van der Waals surface area contributed by atoms with Gasteiger partial charge in [-0.05, 0) is 12.3 Å². The molecule has 2 nitrogen and oxygen atoms in total. The first kappa shape index (κ1) is 10.6. The molecule has 0 radical (unpaired) electrons. The lowest BCUT2D eigenvalue weighted by Gasteiger charge is -2.12. The van der Waals surface area contributed by atoms with Crippen LogP contribution >= 0.6 is 0 Å². The van der Waals surface area contributed by atoms with Gasteiger partial charge in [0.2, 0.25) is 0 Å². The minimum absolute atomic E-state index is 0.175. The number of rotatable bonds is 5. The van der Waals surface area contributed by atoms with Gasteiger partial charge in [-0.15, -0.1) is 0 Å². The lowest BCUT2D eigenvalue weighted by molar-refractivity contribution is -0.121. The molecule has 66 valence electrons. The fraction of sp³-hybridized carbons (Fsp3) is 0.889. The number of ketones is 1. The van der Waals surface area contributed by atoms with Gasteiger partial charge in [-0.3, -0.25) is 4.79 Å². The fourth-order valence-electron chi connectivity index (χ4n) is 0.850. The summed E-state index contributed by atoms with van der Waals surface area (Å²) >= 11 is 0. The van der Waals surface area contributed by atoms with Crippen molar-refractivity contribution in [1.82, 2.24) is 0 Å². The predicted octanol–water partition coefficient (Wildman–Crippen LogP) is 1.76. The van der Waals surface area contributed by atoms with E-state index in [0.717, 1.165) is 6.42 Å². The Balaban J connectivity index is 3.57. The zero-order valence-corrected chi connectivity index (χ0v) is 7.63. The maximum Gasteiger partial charge on any atom is 0.135 e. The van der Waals surface area contributed by atoms with E-state index in [1.165, 1.54) is 0 Å². The number of hydrogen-bond acceptors (Lipinski definition) is 2. The van der Waals surface area contributed by atoms with Crippen LogP contribution in [0.4, 0.5) is 0 Å². The Labute approximate surface area is 68.6 Å². The molecule has 0 spiro atoms. The molecule has 2 heteroatoms. The second-order valence-corrected chi connectivity index (χ2v) is 3.30. The first-order valence-electron chi connectivity index (χ1n) is 4.27. The van der Waals surface area contributed by atoms with Gasteiger partial charge in [0.25, 0.3) is 0 Å². The summed E-state index contributed by atoms with van der Waals surface area (Å²) in [6.07, 6.45) is 1.35. The Morgan fingerprint density at radius 1 is 1.45 bits per heavy atom. The third-order valence-corrected chi connectivity index (χ3v) is 1.74. The third kappa shape index (κ3) is 4.96. The van der Waals surface area contributed by atoms with Gasteiger partial charge in [0.1, 0.15) is 5.78 Å². The van der Waals surface area contributed by atoms with Gasteiger partial charge in [0.15, 0.2) is 0 Å². The molecule has 0 aromatic heterocycles. The smallest absolute Gasteiger partial charge is 0.135 e. The van der Waals surface area contributed by atoms with Crippen LogP contribution in [0.1, 0.15) is 40.0 Å². The van der Waals surface area contributed by atoms with Crippen LogP contribution < -0.4 is 0 Å². The normalized spacial score (nSPS) is 13.5. The highest BCUT2D eigenvalue weighted by atomic mass is 16.3. The van der Waals surface area contributed by atoms with Gasteiger partial charge in [0, 0.05) is 12.8 Å². The van der Waals surface area contributed by atoms with Gasteiger partial charge >= 0.3 is 0 Å². The highest BCUT2D eigenvalue weighted by molar-refractivity contribution is 5.78. The number of carbonyl (C=O) groups excluding carboxylic acids is 1. The molecule has 0 heterocycles. The summed E-state index contributed by atoms with van der Waals surface area (Å²) < 4.78 is 0. The topological polar surface area (TPSA) is 37.3 Å². The molecule has 0 aliphatic heterocycles. The van der Waals surface area contributed by atoms with Crippen molar-refractivity contribution in [3.05, 3.63) is 0 Å². The molecule has 0 rings (SSSR count). The van der Waals surface area contributed by atoms with Crippen LogP contribution in [0.2, 0.25) is 0 Å². The monoisotopic (exact) mass is 158 g/mol. The van der Waals surface area contributed by atoms with Crippen molar-refractivity contribution in [3.63, 3.8) is 0 Å². The number of aliphatic hydroxyl groups excluding tert-OH is 1. The third-order valence-electron chi connectivity index (χ3n) is 1.74. The summed E-state index contributed by atoms with van der Waals surface area (Å²) in [4.78, 5) is 11.0. The van der Waals surface area contributed by atoms with E-state index in [9.17, 15) is 9.90 Å². The standard InChI is InChI=1S/C9H18O2/c1-4-5-8(10)6-9(11)7(2)3/h7,9,11H,4-6H2,1-3H3. The van der Waals surface area contributed by atoms with E-state index in [1.54, 1.807) is 0 Å². The minimum atomic E-state index is -0.450. The van der Waals surface area contributed by atoms with E-state index >= 15 is 0 Å². The average molecular weight is 158 g/mol. The number of carbonyl (C=O) groups is 1. The Bertz CT molecular complexity index is 119. The van der Waals surface area contributed by atoms with E-state index in [-0.39, 0.29) is 11.7 Å². The van der Waals surface area contributed by atoms with E-state index in [2.05, 4.69) is 0 Å². The average Bonchev–Trinajstić information content (AvgIpc) is 1.87. The minimum Gasteiger partial charge on any atom is -0.392 e. The zero-order chi connectivity index (χ0) is 8.85. The Hall–Kier alpha value is -0.370. The maximum absolute atomic E-state index is 11.0. The summed E-state index contributed by atoms with van der Waals surface area (Å²) in [6, 6.07) is 0. The van der Waals surface area contributed by atoms with E-state index in [4.69, 9.17) is 0 Å². The van der Waals surface area contributed by atoms with Gasteiger partial charge in [-0.2, -0.15) is 0 Å². The first-order valence-corrected chi connectivity index (χ1v) is 4.27. The van der Waals surface area contributed by atoms with Crippen molar-refractivity contribution in [2.45, 2.75) is 46.1 Å². The number of hydrogen-bond donors (Lipinski definition) is 1. The first-order chi connectivity index (χ1) is 5.07. The molecule has 0 aromatic carbocycles. The Kier molecular flexibility index (Phi) is 5.12. The maximum atomic E-state index is 11.0. The van der Waals surface area contributed by atoms with Crippen molar-refractivity contribution in [2.24, 2.45) is 5.92 Å². The van der Waals surface area contributed by atoms with Gasteiger partial charge < -0.3 is 5.11 Å². The van der Waals surface area contributed by atoms with Crippen molar-refractivity contribution < 1.29 is 9.90 Å². The molecule has 0 aromatic rings. The van der Waals surface area contributed by atoms with Crippen molar-refractivity contribution in [2.75, 3.05) is 0 Å². The molecule has 1 unspecified atom stereocenters. The largest absolute Gasteiger partial charge is 0.392 e. The van der Waals surface area contributed by atoms with Crippen LogP contribution in [-0.2, 0) is 4.79 Å². The van der Waals surface area contributed by atoms with E-state index in [0.29, 0.717) is 12.8 Å². The van der Waals surface area contributed by atoms with Crippen LogP contribution in [0.3, 0.4) is 0 Å². The van der Waals surface area contributed by atoms with Crippen LogP contribution in [0.15, 0.2) is 0 Å². The van der Waals surface area contributed by atoms with Crippen LogP contribution in [0.25, 0.3) is 0 Å². The molecular formula is C9H18O2. The van der Waals surface area contributed by atoms with E-state index < -0.39 is 6.10 Å². The highest BCUT2D eigenvalue weighted by Gasteiger charge is 2.12. The van der Waals surface area contributed by atoms with Crippen molar-refractivity contribution in [1.29, 1.82) is 0 Å². The van der Waals surface area contributed by atoms with Crippen LogP contribution in [0, 0.1) is 5.92 Å². The SMILES string of the molecule is CCCC(=O)CC(O)C(C)C. The quantitative estimate of drug-likeness (QED) is 0.662. The molecule has 0 saturated heterocycles. The predicted molar refractivity (Wildman–Crippen MR) is 45.4 cm³/mol. The molecule has 0 fully saturated rings. The molecule has 0 aliphatic carbocycles. The van der Waals surface area contributed by atoms with Crippen molar-refractivity contribution in [3.8, 4) is 0 Å². The summed E-state index contributed by atoms with van der Waals surface area (Å²) in [6.45, 7) is 5.81. The molecule has 0 saturated carbocycles. The number of aliphatic hydroxyl groups is 1. The molecule has 1 N–H and O–H groups in total. The van der Waals surface area contributed by atoms with Gasteiger partial charge in [0.05, 0.1) is 6.10 Å². The van der Waals surface area contributed by atoms with Gasteiger partial charge in [-0.1, -0.05) is 20.8 Å². The van der Waals surface area contributed by atoms with Crippen molar-refractivity contribution >= 4 is 5.78 Å². The van der Waals surface area contributed by atoms with Gasteiger partial charge in [-0.25, -0.2) is 0 Å². The van der Waals surface area contributed by atoms with E-state index in [1.807, 2.05) is 20.8 Å². The molecule has 0 aliphatic rings. The molecular weight excluding hydrogens is 140 g/mol. The molecule has 1 atom stereocenters. The Morgan fingerprint density at radius 2 is 2.00 bits per heavy atom. The summed E-state index contributed by atoms with van der Waals surface area (Å²) in [7, 11) is 0. The summed E-state index contributed by atoms with van der Waals surface area (Å²) in [5, 5.41) is 9.30. The molecule has 11 heavy (non-hydrogen) atoms. The molecule has 0 amide bonds. The highest BCUT2D eigenvalue weighted by Crippen LogP contribution is 2.07.